The number of nitrogens with zero attached hydrogens (tertiary/aromatic N) is 3. The summed E-state index contributed by atoms with van der Waals surface area (Å²) in [5.74, 6) is 0.461. The van der Waals surface area contributed by atoms with Crippen LogP contribution in [0.25, 0.3) is 0 Å². The van der Waals surface area contributed by atoms with Crippen molar-refractivity contribution in [3.05, 3.63) is 12.2 Å². The Balaban J connectivity index is 2.55. The van der Waals surface area contributed by atoms with Crippen LogP contribution >= 0.6 is 0 Å². The first kappa shape index (κ1) is 9.14. The van der Waals surface area contributed by atoms with Crippen molar-refractivity contribution in [2.75, 3.05) is 6.26 Å². The van der Waals surface area contributed by atoms with Gasteiger partial charge in [-0.2, -0.15) is 5.10 Å². The molecule has 1 rings (SSSR count). The minimum Gasteiger partial charge on any atom is -0.256 e. The number of sulfonamides is 1. The van der Waals surface area contributed by atoms with Gasteiger partial charge in [0.15, 0.2) is 5.82 Å². The third kappa shape index (κ3) is 2.97. The van der Waals surface area contributed by atoms with E-state index in [-0.39, 0.29) is 6.54 Å². The number of hydrogen-bond acceptors (Lipinski definition) is 4. The minimum atomic E-state index is -3.15. The monoisotopic (exact) mass is 190 g/mol. The zero-order valence-corrected chi connectivity index (χ0v) is 7.67. The quantitative estimate of drug-likeness (QED) is 0.654. The van der Waals surface area contributed by atoms with Crippen molar-refractivity contribution in [1.82, 2.24) is 19.5 Å². The van der Waals surface area contributed by atoms with Crippen molar-refractivity contribution >= 4 is 10.0 Å². The van der Waals surface area contributed by atoms with Crippen molar-refractivity contribution in [3.63, 3.8) is 0 Å². The van der Waals surface area contributed by atoms with Gasteiger partial charge >= 0.3 is 0 Å². The average molecular weight is 190 g/mol. The van der Waals surface area contributed by atoms with Crippen molar-refractivity contribution in [2.24, 2.45) is 7.05 Å². The van der Waals surface area contributed by atoms with E-state index in [4.69, 9.17) is 0 Å². The molecule has 0 saturated carbocycles. The lowest BCUT2D eigenvalue weighted by atomic mass is 10.6. The van der Waals surface area contributed by atoms with E-state index in [0.29, 0.717) is 5.82 Å². The zero-order valence-electron chi connectivity index (χ0n) is 6.85. The molecule has 0 aliphatic rings. The molecule has 0 aromatic carbocycles. The summed E-state index contributed by atoms with van der Waals surface area (Å²) in [5, 5.41) is 3.89. The van der Waals surface area contributed by atoms with Crippen molar-refractivity contribution < 1.29 is 8.42 Å². The van der Waals surface area contributed by atoms with Crippen LogP contribution in [-0.2, 0) is 23.6 Å². The second kappa shape index (κ2) is 3.20. The van der Waals surface area contributed by atoms with Gasteiger partial charge in [-0.1, -0.05) is 0 Å². The van der Waals surface area contributed by atoms with E-state index in [2.05, 4.69) is 14.8 Å². The summed E-state index contributed by atoms with van der Waals surface area (Å²) in [6, 6.07) is 0. The van der Waals surface area contributed by atoms with Crippen molar-refractivity contribution in [3.8, 4) is 0 Å². The second-order valence-corrected chi connectivity index (χ2v) is 4.26. The Morgan fingerprint density at radius 1 is 1.67 bits per heavy atom. The number of aryl methyl sites for hydroxylation is 1. The van der Waals surface area contributed by atoms with Crippen LogP contribution in [0.15, 0.2) is 6.33 Å². The maximum atomic E-state index is 10.6. The van der Waals surface area contributed by atoms with Crippen molar-refractivity contribution in [1.29, 1.82) is 0 Å². The van der Waals surface area contributed by atoms with Gasteiger partial charge in [-0.3, -0.25) is 4.68 Å². The second-order valence-electron chi connectivity index (χ2n) is 2.43. The van der Waals surface area contributed by atoms with Crippen LogP contribution in [0.5, 0.6) is 0 Å². The fraction of sp³-hybridized carbons (Fsp3) is 0.600. The van der Waals surface area contributed by atoms with E-state index in [1.807, 2.05) is 0 Å². The molecule has 0 aliphatic carbocycles. The largest absolute Gasteiger partial charge is 0.256 e. The molecule has 0 bridgehead atoms. The summed E-state index contributed by atoms with van der Waals surface area (Å²) in [4.78, 5) is 3.84. The van der Waals surface area contributed by atoms with Gasteiger partial charge in [-0.15, -0.1) is 0 Å². The van der Waals surface area contributed by atoms with Gasteiger partial charge in [-0.25, -0.2) is 18.1 Å². The summed E-state index contributed by atoms with van der Waals surface area (Å²) in [7, 11) is -1.43. The summed E-state index contributed by atoms with van der Waals surface area (Å²) in [6.45, 7) is 0.139. The molecular formula is C5H10N4O2S. The maximum absolute atomic E-state index is 10.6. The molecule has 1 aromatic heterocycles. The molecule has 0 unspecified atom stereocenters. The molecule has 68 valence electrons. The van der Waals surface area contributed by atoms with Crippen LogP contribution in [0.4, 0.5) is 0 Å². The van der Waals surface area contributed by atoms with Gasteiger partial charge in [0.05, 0.1) is 12.8 Å². The first-order valence-electron chi connectivity index (χ1n) is 3.26. The number of aromatic nitrogens is 3. The summed E-state index contributed by atoms with van der Waals surface area (Å²) >= 11 is 0. The molecule has 1 heterocycles. The van der Waals surface area contributed by atoms with Gasteiger partial charge in [0.2, 0.25) is 10.0 Å². The fourth-order valence-electron chi connectivity index (χ4n) is 0.661. The molecule has 0 saturated heterocycles. The lowest BCUT2D eigenvalue weighted by Gasteiger charge is -1.96. The van der Waals surface area contributed by atoms with E-state index < -0.39 is 10.0 Å². The van der Waals surface area contributed by atoms with E-state index in [1.165, 1.54) is 11.0 Å². The molecular weight excluding hydrogens is 180 g/mol. The third-order valence-corrected chi connectivity index (χ3v) is 1.81. The fourth-order valence-corrected chi connectivity index (χ4v) is 1.05. The number of hydrogen-bond donors (Lipinski definition) is 1. The van der Waals surface area contributed by atoms with Crippen LogP contribution < -0.4 is 4.72 Å². The average Bonchev–Trinajstić information content (AvgIpc) is 2.30. The summed E-state index contributed by atoms with van der Waals surface area (Å²) in [5.41, 5.74) is 0. The predicted octanol–water partition coefficient (Wildman–Crippen LogP) is -1.14. The Hall–Kier alpha value is -0.950. The highest BCUT2D eigenvalue weighted by Crippen LogP contribution is 1.87. The maximum Gasteiger partial charge on any atom is 0.209 e. The number of rotatable bonds is 3. The molecule has 0 spiro atoms. The topological polar surface area (TPSA) is 76.9 Å². The lowest BCUT2D eigenvalue weighted by molar-refractivity contribution is 0.585. The third-order valence-electron chi connectivity index (χ3n) is 1.14. The molecule has 0 amide bonds. The van der Waals surface area contributed by atoms with Crippen LogP contribution in [0.1, 0.15) is 5.82 Å². The van der Waals surface area contributed by atoms with E-state index in [1.54, 1.807) is 7.05 Å². The Kier molecular flexibility index (Phi) is 2.43. The summed E-state index contributed by atoms with van der Waals surface area (Å²) < 4.78 is 25.1. The molecule has 0 radical (unpaired) electrons. The highest BCUT2D eigenvalue weighted by Gasteiger charge is 2.03. The highest BCUT2D eigenvalue weighted by molar-refractivity contribution is 7.88. The standard InChI is InChI=1S/C5H10N4O2S/c1-9-4-6-5(8-9)3-7-12(2,10)11/h4,7H,3H2,1-2H3. The summed E-state index contributed by atoms with van der Waals surface area (Å²) in [6.07, 6.45) is 2.61. The van der Waals surface area contributed by atoms with E-state index >= 15 is 0 Å². The normalized spacial score (nSPS) is 11.8. The molecule has 0 atom stereocenters. The van der Waals surface area contributed by atoms with Crippen LogP contribution in [0, 0.1) is 0 Å². The Labute approximate surface area is 70.7 Å². The van der Waals surface area contributed by atoms with Crippen LogP contribution in [0.2, 0.25) is 0 Å². The minimum absolute atomic E-state index is 0.139. The highest BCUT2D eigenvalue weighted by atomic mass is 32.2. The molecule has 12 heavy (non-hydrogen) atoms. The van der Waals surface area contributed by atoms with Gasteiger partial charge in [0.25, 0.3) is 0 Å². The molecule has 7 heteroatoms. The zero-order chi connectivity index (χ0) is 9.19. The molecule has 1 aromatic rings. The molecule has 0 aliphatic heterocycles. The first-order chi connectivity index (χ1) is 5.47. The molecule has 6 nitrogen and oxygen atoms in total. The predicted molar refractivity (Wildman–Crippen MR) is 42.7 cm³/mol. The van der Waals surface area contributed by atoms with E-state index in [0.717, 1.165) is 6.26 Å². The van der Waals surface area contributed by atoms with Crippen LogP contribution in [0.3, 0.4) is 0 Å². The van der Waals surface area contributed by atoms with Gasteiger partial charge in [0, 0.05) is 7.05 Å². The van der Waals surface area contributed by atoms with Crippen molar-refractivity contribution in [2.45, 2.75) is 6.54 Å². The Morgan fingerprint density at radius 3 is 2.75 bits per heavy atom. The van der Waals surface area contributed by atoms with E-state index in [9.17, 15) is 8.42 Å². The van der Waals surface area contributed by atoms with Gasteiger partial charge in [0.1, 0.15) is 6.33 Å². The SMILES string of the molecule is Cn1cnc(CNS(C)(=O)=O)n1. The van der Waals surface area contributed by atoms with Gasteiger partial charge in [-0.05, 0) is 0 Å². The van der Waals surface area contributed by atoms with Gasteiger partial charge < -0.3 is 0 Å². The Bertz CT molecular complexity index is 355. The van der Waals surface area contributed by atoms with Crippen LogP contribution in [-0.4, -0.2) is 29.4 Å². The smallest absolute Gasteiger partial charge is 0.209 e. The first-order valence-corrected chi connectivity index (χ1v) is 5.16. The Morgan fingerprint density at radius 2 is 2.33 bits per heavy atom. The molecule has 0 fully saturated rings. The molecule has 1 N–H and O–H groups in total. The number of nitrogens with one attached hydrogen (secondary N) is 1. The lowest BCUT2D eigenvalue weighted by Crippen LogP contribution is -2.21.